The molecule has 2 heterocycles. The van der Waals surface area contributed by atoms with Crippen LogP contribution in [0.3, 0.4) is 0 Å². The predicted octanol–water partition coefficient (Wildman–Crippen LogP) is 3.02. The Kier molecular flexibility index (Phi) is 4.29. The molecule has 0 aromatic carbocycles. The minimum Gasteiger partial charge on any atom is -0.349 e. The molecule has 1 fully saturated rings. The number of nitrogens with one attached hydrogen (secondary N) is 2. The third-order valence-corrected chi connectivity index (χ3v) is 6.22. The first-order chi connectivity index (χ1) is 12.1. The maximum absolute atomic E-state index is 12.6. The van der Waals surface area contributed by atoms with Gasteiger partial charge in [0, 0.05) is 34.5 Å². The highest BCUT2D eigenvalue weighted by Crippen LogP contribution is 2.33. The van der Waals surface area contributed by atoms with Crippen molar-refractivity contribution in [3.8, 4) is 0 Å². The number of H-pyrrole nitrogens is 1. The molecule has 0 aliphatic heterocycles. The van der Waals surface area contributed by atoms with Crippen LogP contribution in [0.5, 0.6) is 0 Å². The maximum Gasteiger partial charge on any atom is 0.261 e. The van der Waals surface area contributed by atoms with Gasteiger partial charge in [0.25, 0.3) is 11.5 Å². The zero-order valence-corrected chi connectivity index (χ0v) is 14.7. The number of rotatable bonds is 3. The van der Waals surface area contributed by atoms with Crippen LogP contribution < -0.4 is 10.9 Å². The van der Waals surface area contributed by atoms with E-state index in [0.29, 0.717) is 24.1 Å². The molecule has 5 nitrogen and oxygen atoms in total. The van der Waals surface area contributed by atoms with E-state index in [9.17, 15) is 14.4 Å². The lowest BCUT2D eigenvalue weighted by atomic mass is 9.84. The van der Waals surface area contributed by atoms with E-state index in [1.54, 1.807) is 11.3 Å². The maximum atomic E-state index is 12.6. The normalized spacial score (nSPS) is 20.5. The number of hydrogen-bond donors (Lipinski definition) is 2. The fourth-order valence-corrected chi connectivity index (χ4v) is 4.69. The topological polar surface area (TPSA) is 79.0 Å². The van der Waals surface area contributed by atoms with Crippen LogP contribution in [0, 0.1) is 0 Å². The zero-order chi connectivity index (χ0) is 17.4. The van der Waals surface area contributed by atoms with Crippen LogP contribution in [0.1, 0.15) is 69.3 Å². The molecule has 2 aromatic rings. The van der Waals surface area contributed by atoms with Crippen LogP contribution in [0.25, 0.3) is 0 Å². The summed E-state index contributed by atoms with van der Waals surface area (Å²) in [6, 6.07) is 5.63. The minimum atomic E-state index is -0.408. The van der Waals surface area contributed by atoms with Crippen LogP contribution in [0.2, 0.25) is 0 Å². The van der Waals surface area contributed by atoms with Crippen LogP contribution in [0.15, 0.2) is 28.4 Å². The van der Waals surface area contributed by atoms with Gasteiger partial charge >= 0.3 is 0 Å². The second-order valence-corrected chi connectivity index (χ2v) is 7.88. The Hall–Kier alpha value is -2.21. The average Bonchev–Trinajstić information content (AvgIpc) is 3.27. The molecular formula is C19H20N2O3S. The summed E-state index contributed by atoms with van der Waals surface area (Å²) in [5, 5.41) is 4.91. The van der Waals surface area contributed by atoms with E-state index < -0.39 is 5.56 Å². The quantitative estimate of drug-likeness (QED) is 0.887. The molecule has 6 heteroatoms. The number of amides is 1. The van der Waals surface area contributed by atoms with Gasteiger partial charge in [-0.05, 0) is 36.8 Å². The molecule has 25 heavy (non-hydrogen) atoms. The van der Waals surface area contributed by atoms with Crippen molar-refractivity contribution >= 4 is 23.0 Å². The Labute approximate surface area is 149 Å². The Bertz CT molecular complexity index is 863. The molecule has 0 spiro atoms. The van der Waals surface area contributed by atoms with Crippen molar-refractivity contribution in [2.45, 2.75) is 50.5 Å². The van der Waals surface area contributed by atoms with E-state index in [0.717, 1.165) is 30.6 Å². The molecule has 1 atom stereocenters. The molecule has 0 bridgehead atoms. The molecule has 1 saturated carbocycles. The lowest BCUT2D eigenvalue weighted by Gasteiger charge is -2.23. The lowest BCUT2D eigenvalue weighted by Crippen LogP contribution is -2.37. The summed E-state index contributed by atoms with van der Waals surface area (Å²) in [6.07, 6.45) is 5.17. The van der Waals surface area contributed by atoms with Crippen molar-refractivity contribution in [2.75, 3.05) is 0 Å². The number of aromatic amines is 1. The number of pyridine rings is 1. The molecule has 0 unspecified atom stereocenters. The smallest absolute Gasteiger partial charge is 0.261 e. The van der Waals surface area contributed by atoms with Gasteiger partial charge in [-0.15, -0.1) is 11.3 Å². The average molecular weight is 356 g/mol. The third-order valence-electron chi connectivity index (χ3n) is 5.19. The van der Waals surface area contributed by atoms with E-state index >= 15 is 0 Å². The number of carbonyl (C=O) groups is 2. The molecule has 1 amide bonds. The van der Waals surface area contributed by atoms with Crippen molar-refractivity contribution in [1.29, 1.82) is 0 Å². The SMILES string of the molecule is O=C1C[C@@H](c2cccs2)Cc2[nH]c(=O)c(C(=O)NC3CCCC3)cc21. The molecule has 130 valence electrons. The number of fused-ring (bicyclic) bond motifs is 1. The molecule has 2 aliphatic carbocycles. The summed E-state index contributed by atoms with van der Waals surface area (Å²) in [7, 11) is 0. The number of thiophene rings is 1. The van der Waals surface area contributed by atoms with Crippen molar-refractivity contribution in [1.82, 2.24) is 10.3 Å². The molecular weight excluding hydrogens is 336 g/mol. The highest BCUT2D eigenvalue weighted by atomic mass is 32.1. The second-order valence-electron chi connectivity index (χ2n) is 6.90. The van der Waals surface area contributed by atoms with Crippen LogP contribution >= 0.6 is 11.3 Å². The Morgan fingerprint density at radius 1 is 1.20 bits per heavy atom. The van der Waals surface area contributed by atoms with Gasteiger partial charge in [0.05, 0.1) is 0 Å². The van der Waals surface area contributed by atoms with Crippen molar-refractivity contribution in [2.24, 2.45) is 0 Å². The Morgan fingerprint density at radius 2 is 2.00 bits per heavy atom. The number of aromatic nitrogens is 1. The van der Waals surface area contributed by atoms with Crippen molar-refractivity contribution in [3.05, 3.63) is 55.6 Å². The highest BCUT2D eigenvalue weighted by molar-refractivity contribution is 7.10. The summed E-state index contributed by atoms with van der Waals surface area (Å²) in [6.45, 7) is 0. The first kappa shape index (κ1) is 16.3. The van der Waals surface area contributed by atoms with Crippen molar-refractivity contribution < 1.29 is 9.59 Å². The first-order valence-corrected chi connectivity index (χ1v) is 9.63. The Balaban J connectivity index is 1.61. The van der Waals surface area contributed by atoms with E-state index in [2.05, 4.69) is 10.3 Å². The van der Waals surface area contributed by atoms with Gasteiger partial charge in [-0.25, -0.2) is 0 Å². The number of carbonyl (C=O) groups excluding carboxylic acids is 2. The van der Waals surface area contributed by atoms with Gasteiger partial charge in [-0.3, -0.25) is 14.4 Å². The summed E-state index contributed by atoms with van der Waals surface area (Å²) in [5.74, 6) is -0.274. The molecule has 0 saturated heterocycles. The van der Waals surface area contributed by atoms with Gasteiger partial charge in [-0.2, -0.15) is 0 Å². The largest absolute Gasteiger partial charge is 0.349 e. The summed E-state index contributed by atoms with van der Waals surface area (Å²) < 4.78 is 0. The summed E-state index contributed by atoms with van der Waals surface area (Å²) in [5.41, 5.74) is 0.781. The first-order valence-electron chi connectivity index (χ1n) is 8.75. The van der Waals surface area contributed by atoms with Crippen LogP contribution in [-0.2, 0) is 6.42 Å². The van der Waals surface area contributed by atoms with Gasteiger partial charge in [0.1, 0.15) is 5.56 Å². The van der Waals surface area contributed by atoms with Gasteiger partial charge in [-0.1, -0.05) is 18.9 Å². The van der Waals surface area contributed by atoms with Crippen LogP contribution in [0.4, 0.5) is 0 Å². The van der Waals surface area contributed by atoms with Crippen molar-refractivity contribution in [3.63, 3.8) is 0 Å². The fourth-order valence-electron chi connectivity index (χ4n) is 3.86. The molecule has 2 aromatic heterocycles. The van der Waals surface area contributed by atoms with E-state index in [1.807, 2.05) is 17.5 Å². The third kappa shape index (κ3) is 3.18. The van der Waals surface area contributed by atoms with Gasteiger partial charge in [0.15, 0.2) is 5.78 Å². The summed E-state index contributed by atoms with van der Waals surface area (Å²) >= 11 is 1.63. The molecule has 2 N–H and O–H groups in total. The molecule has 4 rings (SSSR count). The zero-order valence-electron chi connectivity index (χ0n) is 13.8. The number of hydrogen-bond acceptors (Lipinski definition) is 4. The highest BCUT2D eigenvalue weighted by Gasteiger charge is 2.29. The minimum absolute atomic E-state index is 0.00850. The monoisotopic (exact) mass is 356 g/mol. The van der Waals surface area contributed by atoms with E-state index in [-0.39, 0.29) is 29.2 Å². The molecule has 2 aliphatic rings. The van der Waals surface area contributed by atoms with E-state index in [1.165, 1.54) is 6.07 Å². The second kappa shape index (κ2) is 6.59. The molecule has 0 radical (unpaired) electrons. The number of ketones is 1. The summed E-state index contributed by atoms with van der Waals surface area (Å²) in [4.78, 5) is 41.3. The fraction of sp³-hybridized carbons (Fsp3) is 0.421. The lowest BCUT2D eigenvalue weighted by molar-refractivity contribution is 0.0936. The Morgan fingerprint density at radius 3 is 2.72 bits per heavy atom. The van der Waals surface area contributed by atoms with E-state index in [4.69, 9.17) is 0 Å². The van der Waals surface area contributed by atoms with Gasteiger partial charge < -0.3 is 10.3 Å². The standard InChI is InChI=1S/C19H20N2O3S/c22-16-9-11(17-6-3-7-25-17)8-15-13(16)10-14(19(24)21-15)18(23)20-12-4-1-2-5-12/h3,6-7,10-12H,1-2,4-5,8-9H2,(H,20,23)(H,21,24)/t11-/m0/s1. The predicted molar refractivity (Wildman–Crippen MR) is 96.5 cm³/mol. The van der Waals surface area contributed by atoms with Gasteiger partial charge in [0.2, 0.25) is 0 Å². The number of Topliss-reactive ketones (excluding diaryl/α,β-unsaturated/α-hetero) is 1. The van der Waals surface area contributed by atoms with Crippen LogP contribution in [-0.4, -0.2) is 22.7 Å².